The lowest BCUT2D eigenvalue weighted by atomic mass is 10.1. The number of carboxylic acid groups (broad SMARTS) is 1. The van der Waals surface area contributed by atoms with Crippen molar-refractivity contribution in [3.63, 3.8) is 0 Å². The summed E-state index contributed by atoms with van der Waals surface area (Å²) in [6, 6.07) is 2.10. The molecule has 0 saturated heterocycles. The van der Waals surface area contributed by atoms with Gasteiger partial charge in [-0.3, -0.25) is 4.79 Å². The van der Waals surface area contributed by atoms with Gasteiger partial charge in [0.15, 0.2) is 0 Å². The molecular weight excluding hydrogens is 289 g/mol. The number of hydrogen-bond acceptors (Lipinski definition) is 3. The topological polar surface area (TPSA) is 78.4 Å². The highest BCUT2D eigenvalue weighted by Gasteiger charge is 2.31. The maximum absolute atomic E-state index is 12.5. The third-order valence-corrected chi connectivity index (χ3v) is 2.43. The Balaban J connectivity index is 2.94. The average molecular weight is 302 g/mol. The summed E-state index contributed by atoms with van der Waals surface area (Å²) < 4.78 is 37.6. The molecule has 0 unspecified atom stereocenters. The molecule has 1 amide bonds. The maximum atomic E-state index is 12.5. The minimum absolute atomic E-state index is 0.119. The Labute approximate surface area is 118 Å². The predicted octanol–water partition coefficient (Wildman–Crippen LogP) is 2.12. The minimum atomic E-state index is -4.65. The quantitative estimate of drug-likeness (QED) is 0.555. The molecule has 0 aliphatic rings. The highest BCUT2D eigenvalue weighted by Crippen LogP contribution is 2.31. The summed E-state index contributed by atoms with van der Waals surface area (Å²) in [4.78, 5) is 22.5. The molecule has 0 spiro atoms. The average Bonchev–Trinajstić information content (AvgIpc) is 2.37. The van der Waals surface area contributed by atoms with Crippen LogP contribution in [0, 0.1) is 0 Å². The summed E-state index contributed by atoms with van der Waals surface area (Å²) in [5.74, 6) is -2.13. The van der Waals surface area contributed by atoms with E-state index in [1.165, 1.54) is 6.08 Å². The van der Waals surface area contributed by atoms with E-state index in [1.807, 2.05) is 0 Å². The van der Waals surface area contributed by atoms with Gasteiger partial charge in [0.2, 0.25) is 5.91 Å². The van der Waals surface area contributed by atoms with Crippen molar-refractivity contribution in [3.05, 3.63) is 42.0 Å². The molecule has 0 fully saturated rings. The number of carbonyl (C=O) groups excluding carboxylic acids is 1. The number of aromatic carboxylic acids is 1. The summed E-state index contributed by atoms with van der Waals surface area (Å²) >= 11 is 0. The fraction of sp³-hybridized carbons (Fsp3) is 0.231. The number of carboxylic acids is 1. The van der Waals surface area contributed by atoms with Crippen molar-refractivity contribution in [2.24, 2.45) is 0 Å². The van der Waals surface area contributed by atoms with Gasteiger partial charge in [-0.1, -0.05) is 6.08 Å². The van der Waals surface area contributed by atoms with Crippen LogP contribution >= 0.6 is 0 Å². The van der Waals surface area contributed by atoms with Crippen LogP contribution in [0.5, 0.6) is 0 Å². The summed E-state index contributed by atoms with van der Waals surface area (Å²) in [6.45, 7) is 3.68. The third-order valence-electron chi connectivity index (χ3n) is 2.43. The van der Waals surface area contributed by atoms with Gasteiger partial charge in [0.1, 0.15) is 0 Å². The molecule has 5 nitrogen and oxygen atoms in total. The Morgan fingerprint density at radius 2 is 2.00 bits per heavy atom. The van der Waals surface area contributed by atoms with Gasteiger partial charge >= 0.3 is 12.1 Å². The molecule has 0 aliphatic carbocycles. The van der Waals surface area contributed by atoms with Crippen LogP contribution < -0.4 is 10.6 Å². The second kappa shape index (κ2) is 6.89. The van der Waals surface area contributed by atoms with Crippen LogP contribution in [-0.4, -0.2) is 30.1 Å². The third kappa shape index (κ3) is 4.92. The zero-order valence-corrected chi connectivity index (χ0v) is 10.8. The Hall–Kier alpha value is -2.35. The van der Waals surface area contributed by atoms with Gasteiger partial charge in [-0.15, -0.1) is 6.58 Å². The molecule has 1 aromatic carbocycles. The lowest BCUT2D eigenvalue weighted by Gasteiger charge is -2.12. The van der Waals surface area contributed by atoms with Crippen LogP contribution in [0.3, 0.4) is 0 Å². The molecule has 1 rings (SSSR count). The first kappa shape index (κ1) is 16.7. The highest BCUT2D eigenvalue weighted by atomic mass is 19.4. The molecule has 0 aromatic heterocycles. The van der Waals surface area contributed by atoms with Crippen molar-refractivity contribution >= 4 is 17.6 Å². The highest BCUT2D eigenvalue weighted by molar-refractivity contribution is 6.01. The molecule has 0 bridgehead atoms. The zero-order chi connectivity index (χ0) is 16.0. The zero-order valence-electron chi connectivity index (χ0n) is 10.8. The lowest BCUT2D eigenvalue weighted by molar-refractivity contribution is -0.137. The number of halogens is 3. The van der Waals surface area contributed by atoms with E-state index in [-0.39, 0.29) is 12.2 Å². The van der Waals surface area contributed by atoms with E-state index in [1.54, 1.807) is 0 Å². The second-order valence-electron chi connectivity index (χ2n) is 4.03. The SMILES string of the molecule is C=CCNCC(=O)Nc1ccc(C(F)(F)F)cc1C(=O)O. The van der Waals surface area contributed by atoms with Crippen LogP contribution in [0.1, 0.15) is 15.9 Å². The van der Waals surface area contributed by atoms with E-state index in [2.05, 4.69) is 17.2 Å². The number of amides is 1. The fourth-order valence-corrected chi connectivity index (χ4v) is 1.49. The Bertz CT molecular complexity index is 556. The monoisotopic (exact) mass is 302 g/mol. The van der Waals surface area contributed by atoms with Crippen molar-refractivity contribution in [1.82, 2.24) is 5.32 Å². The van der Waals surface area contributed by atoms with Crippen LogP contribution in [0.4, 0.5) is 18.9 Å². The van der Waals surface area contributed by atoms with Crippen LogP contribution in [-0.2, 0) is 11.0 Å². The van der Waals surface area contributed by atoms with Crippen molar-refractivity contribution in [2.75, 3.05) is 18.4 Å². The molecule has 114 valence electrons. The number of nitrogens with one attached hydrogen (secondary N) is 2. The van der Waals surface area contributed by atoms with Gasteiger partial charge in [0.05, 0.1) is 23.4 Å². The van der Waals surface area contributed by atoms with Crippen molar-refractivity contribution in [3.8, 4) is 0 Å². The van der Waals surface area contributed by atoms with E-state index in [4.69, 9.17) is 5.11 Å². The summed E-state index contributed by atoms with van der Waals surface area (Å²) in [5.41, 5.74) is -1.91. The standard InChI is InChI=1S/C13H13F3N2O3/c1-2-5-17-7-11(19)18-10-4-3-8(13(14,15)16)6-9(10)12(20)21/h2-4,6,17H,1,5,7H2,(H,18,19)(H,20,21). The smallest absolute Gasteiger partial charge is 0.416 e. The van der Waals surface area contributed by atoms with E-state index >= 15 is 0 Å². The number of benzene rings is 1. The first-order valence-corrected chi connectivity index (χ1v) is 5.81. The minimum Gasteiger partial charge on any atom is -0.478 e. The molecule has 3 N–H and O–H groups in total. The van der Waals surface area contributed by atoms with Crippen LogP contribution in [0.2, 0.25) is 0 Å². The van der Waals surface area contributed by atoms with Gasteiger partial charge < -0.3 is 15.7 Å². The molecule has 21 heavy (non-hydrogen) atoms. The lowest BCUT2D eigenvalue weighted by Crippen LogP contribution is -2.28. The molecule has 0 heterocycles. The Morgan fingerprint density at radius 3 is 2.52 bits per heavy atom. The Morgan fingerprint density at radius 1 is 1.33 bits per heavy atom. The fourth-order valence-electron chi connectivity index (χ4n) is 1.49. The first-order valence-electron chi connectivity index (χ1n) is 5.81. The van der Waals surface area contributed by atoms with Gasteiger partial charge in [-0.2, -0.15) is 13.2 Å². The molecular formula is C13H13F3N2O3. The summed E-state index contributed by atoms with van der Waals surface area (Å²) in [5, 5.41) is 13.9. The van der Waals surface area contributed by atoms with Gasteiger partial charge in [-0.25, -0.2) is 4.79 Å². The molecule has 0 aliphatic heterocycles. The second-order valence-corrected chi connectivity index (χ2v) is 4.03. The van der Waals surface area contributed by atoms with Gasteiger partial charge in [-0.05, 0) is 18.2 Å². The summed E-state index contributed by atoms with van der Waals surface area (Å²) in [7, 11) is 0. The number of anilines is 1. The molecule has 8 heteroatoms. The largest absolute Gasteiger partial charge is 0.478 e. The predicted molar refractivity (Wildman–Crippen MR) is 70.1 cm³/mol. The number of carbonyl (C=O) groups is 2. The number of hydrogen-bond donors (Lipinski definition) is 3. The molecule has 0 radical (unpaired) electrons. The summed E-state index contributed by atoms with van der Waals surface area (Å²) in [6.07, 6.45) is -3.13. The normalized spacial score (nSPS) is 11.0. The van der Waals surface area contributed by atoms with Gasteiger partial charge in [0.25, 0.3) is 0 Å². The van der Waals surface area contributed by atoms with Crippen LogP contribution in [0.25, 0.3) is 0 Å². The first-order chi connectivity index (χ1) is 9.75. The molecule has 0 saturated carbocycles. The van der Waals surface area contributed by atoms with E-state index in [0.29, 0.717) is 18.7 Å². The maximum Gasteiger partial charge on any atom is 0.416 e. The molecule has 1 aromatic rings. The number of rotatable bonds is 6. The van der Waals surface area contributed by atoms with E-state index < -0.39 is 29.2 Å². The van der Waals surface area contributed by atoms with E-state index in [9.17, 15) is 22.8 Å². The number of alkyl halides is 3. The van der Waals surface area contributed by atoms with Gasteiger partial charge in [0, 0.05) is 6.54 Å². The van der Waals surface area contributed by atoms with Crippen molar-refractivity contribution in [1.29, 1.82) is 0 Å². The van der Waals surface area contributed by atoms with Crippen LogP contribution in [0.15, 0.2) is 30.9 Å². The molecule has 0 atom stereocenters. The Kier molecular flexibility index (Phi) is 5.48. The van der Waals surface area contributed by atoms with Crippen molar-refractivity contribution < 1.29 is 27.9 Å². The van der Waals surface area contributed by atoms with E-state index in [0.717, 1.165) is 6.07 Å². The van der Waals surface area contributed by atoms with Crippen molar-refractivity contribution in [2.45, 2.75) is 6.18 Å².